The molecule has 11 nitrogen and oxygen atoms in total. The van der Waals surface area contributed by atoms with Gasteiger partial charge in [0.2, 0.25) is 5.95 Å². The van der Waals surface area contributed by atoms with E-state index in [9.17, 15) is 4.79 Å². The van der Waals surface area contributed by atoms with Crippen molar-refractivity contribution in [3.8, 4) is 22.9 Å². The maximum atomic E-state index is 15.5. The predicted molar refractivity (Wildman–Crippen MR) is 183 cm³/mol. The third kappa shape index (κ3) is 6.50. The lowest BCUT2D eigenvalue weighted by Gasteiger charge is -2.33. The lowest BCUT2D eigenvalue weighted by atomic mass is 10.1. The molecule has 0 bridgehead atoms. The monoisotopic (exact) mass is 639 g/mol. The van der Waals surface area contributed by atoms with Gasteiger partial charge in [-0.3, -0.25) is 9.36 Å². The quantitative estimate of drug-likeness (QED) is 0.196. The minimum atomic E-state index is -0.575. The highest BCUT2D eigenvalue weighted by Crippen LogP contribution is 2.36. The van der Waals surface area contributed by atoms with Crippen molar-refractivity contribution in [3.05, 3.63) is 94.2 Å². The molecular weight excluding hydrogens is 601 g/mol. The molecule has 0 radical (unpaired) electrons. The van der Waals surface area contributed by atoms with Gasteiger partial charge in [0.15, 0.2) is 17.2 Å². The van der Waals surface area contributed by atoms with Gasteiger partial charge in [-0.2, -0.15) is 4.98 Å². The van der Waals surface area contributed by atoms with Crippen LogP contribution in [-0.2, 0) is 6.54 Å². The highest BCUT2D eigenvalue weighted by molar-refractivity contribution is 5.86. The van der Waals surface area contributed by atoms with Gasteiger partial charge in [-0.15, -0.1) is 0 Å². The average molecular weight is 640 g/mol. The molecule has 3 heterocycles. The number of rotatable bonds is 11. The molecule has 3 aromatic carbocycles. The number of fused-ring (bicyclic) bond motifs is 2. The maximum absolute atomic E-state index is 15.5. The SMILES string of the molecule is COc1ccc(CNc2ncc3cc(N4CCNc5c(C)cccc54)c(=O)n(-c4ccc(OCCN(C)C)c(F)c4)c3n2)c(OC)c1. The van der Waals surface area contributed by atoms with Crippen molar-refractivity contribution in [1.29, 1.82) is 0 Å². The zero-order valence-electron chi connectivity index (χ0n) is 27.1. The molecule has 0 fully saturated rings. The van der Waals surface area contributed by atoms with E-state index in [1.54, 1.807) is 44.7 Å². The Kier molecular flexibility index (Phi) is 9.12. The van der Waals surface area contributed by atoms with Gasteiger partial charge in [0.25, 0.3) is 5.56 Å². The Bertz CT molecular complexity index is 1980. The molecular formula is C35H38FN7O4. The molecule has 2 aromatic heterocycles. The van der Waals surface area contributed by atoms with E-state index >= 15 is 4.39 Å². The van der Waals surface area contributed by atoms with E-state index in [4.69, 9.17) is 19.2 Å². The highest BCUT2D eigenvalue weighted by Gasteiger charge is 2.24. The Morgan fingerprint density at radius 2 is 1.87 bits per heavy atom. The van der Waals surface area contributed by atoms with Gasteiger partial charge in [-0.25, -0.2) is 9.37 Å². The second kappa shape index (κ2) is 13.6. The van der Waals surface area contributed by atoms with Crippen LogP contribution in [0.3, 0.4) is 0 Å². The fraction of sp³-hybridized carbons (Fsp3) is 0.286. The smallest absolute Gasteiger partial charge is 0.280 e. The number of hydrogen-bond acceptors (Lipinski definition) is 10. The van der Waals surface area contributed by atoms with E-state index in [2.05, 4.69) is 15.6 Å². The van der Waals surface area contributed by atoms with Crippen molar-refractivity contribution in [3.63, 3.8) is 0 Å². The molecule has 0 spiro atoms. The molecule has 0 saturated carbocycles. The molecule has 12 heteroatoms. The number of ether oxygens (including phenoxy) is 3. The summed E-state index contributed by atoms with van der Waals surface area (Å²) in [5.74, 6) is 1.16. The van der Waals surface area contributed by atoms with Crippen LogP contribution in [0.2, 0.25) is 0 Å². The summed E-state index contributed by atoms with van der Waals surface area (Å²) in [5.41, 5.74) is 4.55. The van der Waals surface area contributed by atoms with Crippen LogP contribution in [-0.4, -0.2) is 74.0 Å². The van der Waals surface area contributed by atoms with Crippen LogP contribution >= 0.6 is 0 Å². The lowest BCUT2D eigenvalue weighted by Crippen LogP contribution is -2.35. The number of aryl methyl sites for hydroxylation is 1. The minimum absolute atomic E-state index is 0.112. The van der Waals surface area contributed by atoms with Crippen molar-refractivity contribution in [2.24, 2.45) is 0 Å². The summed E-state index contributed by atoms with van der Waals surface area (Å²) in [6, 6.07) is 17.9. The summed E-state index contributed by atoms with van der Waals surface area (Å²) in [7, 11) is 7.03. The largest absolute Gasteiger partial charge is 0.497 e. The molecule has 5 aromatic rings. The van der Waals surface area contributed by atoms with Gasteiger partial charge in [0, 0.05) is 55.5 Å². The van der Waals surface area contributed by atoms with Crippen molar-refractivity contribution in [2.45, 2.75) is 13.5 Å². The molecule has 0 atom stereocenters. The van der Waals surface area contributed by atoms with Gasteiger partial charge in [-0.1, -0.05) is 12.1 Å². The fourth-order valence-electron chi connectivity index (χ4n) is 5.63. The number of para-hydroxylation sites is 1. The van der Waals surface area contributed by atoms with E-state index in [0.717, 1.165) is 22.5 Å². The zero-order chi connectivity index (χ0) is 33.1. The number of benzene rings is 3. The van der Waals surface area contributed by atoms with Gasteiger partial charge in [-0.05, 0) is 63.0 Å². The van der Waals surface area contributed by atoms with E-state index in [-0.39, 0.29) is 11.3 Å². The summed E-state index contributed by atoms with van der Waals surface area (Å²) in [6.45, 7) is 4.55. The second-order valence-electron chi connectivity index (χ2n) is 11.5. The van der Waals surface area contributed by atoms with Gasteiger partial charge in [0.1, 0.15) is 23.8 Å². The molecule has 0 amide bonds. The molecule has 6 rings (SSSR count). The first-order valence-corrected chi connectivity index (χ1v) is 15.3. The van der Waals surface area contributed by atoms with Gasteiger partial charge < -0.3 is 34.6 Å². The predicted octanol–water partition coefficient (Wildman–Crippen LogP) is 5.36. The van der Waals surface area contributed by atoms with E-state index in [0.29, 0.717) is 72.6 Å². The number of aromatic nitrogens is 3. The van der Waals surface area contributed by atoms with Crippen LogP contribution in [0.4, 0.5) is 27.4 Å². The molecule has 2 N–H and O–H groups in total. The molecule has 244 valence electrons. The Labute approximate surface area is 272 Å². The first-order chi connectivity index (χ1) is 22.8. The highest BCUT2D eigenvalue weighted by atomic mass is 19.1. The first-order valence-electron chi connectivity index (χ1n) is 15.3. The number of halogens is 1. The van der Waals surface area contributed by atoms with Gasteiger partial charge >= 0.3 is 0 Å². The minimum Gasteiger partial charge on any atom is -0.497 e. The zero-order valence-corrected chi connectivity index (χ0v) is 27.1. The third-order valence-corrected chi connectivity index (χ3v) is 8.09. The van der Waals surface area contributed by atoms with Crippen LogP contribution in [0.25, 0.3) is 16.7 Å². The van der Waals surface area contributed by atoms with E-state index in [1.165, 1.54) is 10.6 Å². The molecule has 1 aliphatic heterocycles. The molecule has 47 heavy (non-hydrogen) atoms. The van der Waals surface area contributed by atoms with Crippen LogP contribution in [0.15, 0.2) is 71.7 Å². The number of anilines is 4. The Morgan fingerprint density at radius 3 is 2.64 bits per heavy atom. The number of likely N-dealkylation sites (N-methyl/N-ethyl adjacent to an activating group) is 1. The normalized spacial score (nSPS) is 12.5. The molecule has 1 aliphatic rings. The fourth-order valence-corrected chi connectivity index (χ4v) is 5.63. The van der Waals surface area contributed by atoms with E-state index in [1.807, 2.05) is 61.2 Å². The first kappa shape index (κ1) is 31.6. The Hall–Kier alpha value is -5.36. The van der Waals surface area contributed by atoms with Crippen molar-refractivity contribution < 1.29 is 18.6 Å². The maximum Gasteiger partial charge on any atom is 0.280 e. The van der Waals surface area contributed by atoms with Crippen molar-refractivity contribution in [1.82, 2.24) is 19.4 Å². The topological polar surface area (TPSA) is 106 Å². The summed E-state index contributed by atoms with van der Waals surface area (Å²) in [6.07, 6.45) is 1.67. The second-order valence-corrected chi connectivity index (χ2v) is 11.5. The number of hydrogen-bond donors (Lipinski definition) is 2. The van der Waals surface area contributed by atoms with Crippen LogP contribution in [0.5, 0.6) is 17.2 Å². The van der Waals surface area contributed by atoms with Crippen LogP contribution in [0.1, 0.15) is 11.1 Å². The Balaban J connectivity index is 1.44. The third-order valence-electron chi connectivity index (χ3n) is 8.09. The number of methoxy groups -OCH3 is 2. The van der Waals surface area contributed by atoms with E-state index < -0.39 is 5.82 Å². The lowest BCUT2D eigenvalue weighted by molar-refractivity contribution is 0.252. The summed E-state index contributed by atoms with van der Waals surface area (Å²) >= 11 is 0. The van der Waals surface area contributed by atoms with Crippen molar-refractivity contribution in [2.75, 3.05) is 70.1 Å². The summed E-state index contributed by atoms with van der Waals surface area (Å²) in [4.78, 5) is 27.8. The van der Waals surface area contributed by atoms with Crippen molar-refractivity contribution >= 4 is 34.0 Å². The molecule has 0 unspecified atom stereocenters. The average Bonchev–Trinajstić information content (AvgIpc) is 3.07. The van der Waals surface area contributed by atoms with Crippen LogP contribution in [0, 0.1) is 12.7 Å². The summed E-state index contributed by atoms with van der Waals surface area (Å²) in [5, 5.41) is 7.31. The Morgan fingerprint density at radius 1 is 1.02 bits per heavy atom. The number of pyridine rings is 1. The molecule has 0 saturated heterocycles. The van der Waals surface area contributed by atoms with Gasteiger partial charge in [0.05, 0.1) is 31.3 Å². The number of nitrogens with zero attached hydrogens (tertiary/aromatic N) is 5. The molecule has 0 aliphatic carbocycles. The van der Waals surface area contributed by atoms with Crippen LogP contribution < -0.4 is 35.3 Å². The summed E-state index contributed by atoms with van der Waals surface area (Å²) < 4.78 is 33.4. The number of nitrogens with one attached hydrogen (secondary N) is 2. The standard InChI is InChI=1S/C35H38FN7O4/c1-22-7-6-8-28-32(22)37-13-14-42(28)29-17-24-21-39-35(38-20-23-9-11-26(45-4)19-31(23)46-5)40-33(24)43(34(29)44)25-10-12-30(27(36)18-25)47-16-15-41(2)3/h6-12,17-19,21,37H,13-16,20H2,1-5H3,(H,38,39,40).